The summed E-state index contributed by atoms with van der Waals surface area (Å²) >= 11 is 0. The molecule has 1 fully saturated rings. The summed E-state index contributed by atoms with van der Waals surface area (Å²) in [6.07, 6.45) is 8.98. The Balaban J connectivity index is 2.02. The third-order valence-corrected chi connectivity index (χ3v) is 4.32. The van der Waals surface area contributed by atoms with Gasteiger partial charge in [-0.2, -0.15) is 0 Å². The molecular formula is C18H26N2. The molecule has 1 aliphatic rings. The summed E-state index contributed by atoms with van der Waals surface area (Å²) in [5.41, 5.74) is 1.40. The highest BCUT2D eigenvalue weighted by atomic mass is 15.2. The average Bonchev–Trinajstić information content (AvgIpc) is 2.50. The highest BCUT2D eigenvalue weighted by Gasteiger charge is 2.30. The Morgan fingerprint density at radius 1 is 1.35 bits per heavy atom. The molecule has 3 atom stereocenters. The van der Waals surface area contributed by atoms with E-state index in [-0.39, 0.29) is 6.04 Å². The quantitative estimate of drug-likeness (QED) is 0.828. The van der Waals surface area contributed by atoms with Gasteiger partial charge in [-0.15, -0.1) is 6.42 Å². The van der Waals surface area contributed by atoms with Gasteiger partial charge in [-0.3, -0.25) is 4.90 Å². The van der Waals surface area contributed by atoms with Gasteiger partial charge in [-0.25, -0.2) is 0 Å². The first kappa shape index (κ1) is 15.1. The van der Waals surface area contributed by atoms with Gasteiger partial charge >= 0.3 is 0 Å². The Labute approximate surface area is 123 Å². The van der Waals surface area contributed by atoms with E-state index >= 15 is 0 Å². The van der Waals surface area contributed by atoms with E-state index in [0.717, 1.165) is 32.4 Å². The van der Waals surface area contributed by atoms with Crippen molar-refractivity contribution in [1.82, 2.24) is 10.2 Å². The number of nitrogens with one attached hydrogen (secondary N) is 1. The smallest absolute Gasteiger partial charge is 0.0712 e. The summed E-state index contributed by atoms with van der Waals surface area (Å²) in [7, 11) is 0. The SMILES string of the molecule is C#CC(CC)N1CC(Cc2ccccc2)NCC1CC. The molecule has 2 rings (SSSR count). The van der Waals surface area contributed by atoms with E-state index in [1.807, 2.05) is 0 Å². The lowest BCUT2D eigenvalue weighted by molar-refractivity contribution is 0.100. The Bertz CT molecular complexity index is 434. The molecule has 0 aliphatic carbocycles. The van der Waals surface area contributed by atoms with Crippen LogP contribution in [0, 0.1) is 12.3 Å². The minimum Gasteiger partial charge on any atom is -0.311 e. The van der Waals surface area contributed by atoms with Crippen molar-refractivity contribution in [2.24, 2.45) is 0 Å². The Kier molecular flexibility index (Phi) is 5.64. The molecule has 108 valence electrons. The molecule has 20 heavy (non-hydrogen) atoms. The molecule has 1 aromatic rings. The molecule has 0 spiro atoms. The fourth-order valence-corrected chi connectivity index (χ4v) is 3.13. The number of rotatable bonds is 5. The molecule has 0 radical (unpaired) electrons. The Hall–Kier alpha value is -1.30. The summed E-state index contributed by atoms with van der Waals surface area (Å²) in [5.74, 6) is 2.97. The Morgan fingerprint density at radius 3 is 2.70 bits per heavy atom. The van der Waals surface area contributed by atoms with E-state index in [0.29, 0.717) is 12.1 Å². The second-order valence-corrected chi connectivity index (χ2v) is 5.64. The van der Waals surface area contributed by atoms with Crippen LogP contribution in [0.15, 0.2) is 30.3 Å². The van der Waals surface area contributed by atoms with E-state index in [4.69, 9.17) is 6.42 Å². The molecular weight excluding hydrogens is 244 g/mol. The van der Waals surface area contributed by atoms with Crippen LogP contribution in [0.4, 0.5) is 0 Å². The molecule has 1 N–H and O–H groups in total. The predicted molar refractivity (Wildman–Crippen MR) is 85.6 cm³/mol. The molecule has 1 aliphatic heterocycles. The zero-order chi connectivity index (χ0) is 14.4. The predicted octanol–water partition coefficient (Wildman–Crippen LogP) is 2.69. The minimum atomic E-state index is 0.278. The van der Waals surface area contributed by atoms with Crippen LogP contribution in [0.2, 0.25) is 0 Å². The third-order valence-electron chi connectivity index (χ3n) is 4.32. The number of piperazine rings is 1. The molecule has 0 saturated carbocycles. The van der Waals surface area contributed by atoms with Crippen molar-refractivity contribution in [3.63, 3.8) is 0 Å². The summed E-state index contributed by atoms with van der Waals surface area (Å²) in [4.78, 5) is 2.53. The van der Waals surface area contributed by atoms with Crippen molar-refractivity contribution < 1.29 is 0 Å². The standard InChI is InChI=1S/C18H26N2/c1-4-17(5-2)20-14-16(19-13-18(20)6-3)12-15-10-8-7-9-11-15/h1,7-11,16-19H,5-6,12-14H2,2-3H3. The van der Waals surface area contributed by atoms with Gasteiger partial charge in [-0.1, -0.05) is 50.1 Å². The molecule has 1 saturated heterocycles. The number of hydrogen-bond donors (Lipinski definition) is 1. The van der Waals surface area contributed by atoms with E-state index in [9.17, 15) is 0 Å². The number of hydrogen-bond acceptors (Lipinski definition) is 2. The second kappa shape index (κ2) is 7.47. The fraction of sp³-hybridized carbons (Fsp3) is 0.556. The van der Waals surface area contributed by atoms with Crippen LogP contribution in [0.1, 0.15) is 32.3 Å². The lowest BCUT2D eigenvalue weighted by Crippen LogP contribution is -2.59. The normalized spacial score (nSPS) is 25.1. The first-order valence-electron chi connectivity index (χ1n) is 7.77. The van der Waals surface area contributed by atoms with Crippen LogP contribution < -0.4 is 5.32 Å². The van der Waals surface area contributed by atoms with Gasteiger partial charge in [0.05, 0.1) is 6.04 Å². The van der Waals surface area contributed by atoms with Crippen molar-refractivity contribution in [3.05, 3.63) is 35.9 Å². The maximum Gasteiger partial charge on any atom is 0.0712 e. The highest BCUT2D eigenvalue weighted by molar-refractivity contribution is 5.16. The van der Waals surface area contributed by atoms with E-state index in [1.54, 1.807) is 0 Å². The van der Waals surface area contributed by atoms with Crippen LogP contribution in [-0.2, 0) is 6.42 Å². The first-order valence-corrected chi connectivity index (χ1v) is 7.77. The average molecular weight is 270 g/mol. The summed E-state index contributed by atoms with van der Waals surface area (Å²) in [6, 6.07) is 12.1. The lowest BCUT2D eigenvalue weighted by atomic mass is 9.98. The summed E-state index contributed by atoms with van der Waals surface area (Å²) in [6.45, 7) is 6.54. The van der Waals surface area contributed by atoms with E-state index < -0.39 is 0 Å². The van der Waals surface area contributed by atoms with Gasteiger partial charge in [0.2, 0.25) is 0 Å². The largest absolute Gasteiger partial charge is 0.311 e. The molecule has 1 aromatic carbocycles. The lowest BCUT2D eigenvalue weighted by Gasteiger charge is -2.43. The number of nitrogens with zero attached hydrogens (tertiary/aromatic N) is 1. The van der Waals surface area contributed by atoms with E-state index in [1.165, 1.54) is 5.56 Å². The molecule has 0 aromatic heterocycles. The van der Waals surface area contributed by atoms with Gasteiger partial charge in [0, 0.05) is 25.2 Å². The highest BCUT2D eigenvalue weighted by Crippen LogP contribution is 2.18. The van der Waals surface area contributed by atoms with Gasteiger partial charge in [0.25, 0.3) is 0 Å². The summed E-state index contributed by atoms with van der Waals surface area (Å²) < 4.78 is 0. The molecule has 0 amide bonds. The zero-order valence-electron chi connectivity index (χ0n) is 12.7. The fourth-order valence-electron chi connectivity index (χ4n) is 3.13. The third kappa shape index (κ3) is 3.62. The molecule has 0 bridgehead atoms. The minimum absolute atomic E-state index is 0.278. The van der Waals surface area contributed by atoms with Crippen molar-refractivity contribution >= 4 is 0 Å². The topological polar surface area (TPSA) is 15.3 Å². The van der Waals surface area contributed by atoms with Crippen molar-refractivity contribution in [2.75, 3.05) is 13.1 Å². The monoisotopic (exact) mass is 270 g/mol. The summed E-state index contributed by atoms with van der Waals surface area (Å²) in [5, 5.41) is 3.69. The molecule has 3 unspecified atom stereocenters. The first-order chi connectivity index (χ1) is 9.78. The van der Waals surface area contributed by atoms with Crippen LogP contribution >= 0.6 is 0 Å². The van der Waals surface area contributed by atoms with Crippen molar-refractivity contribution in [2.45, 2.75) is 51.2 Å². The van der Waals surface area contributed by atoms with E-state index in [2.05, 4.69) is 60.3 Å². The Morgan fingerprint density at radius 2 is 2.10 bits per heavy atom. The van der Waals surface area contributed by atoms with Gasteiger partial charge in [0.1, 0.15) is 0 Å². The van der Waals surface area contributed by atoms with Crippen LogP contribution in [0.25, 0.3) is 0 Å². The van der Waals surface area contributed by atoms with Crippen LogP contribution in [0.3, 0.4) is 0 Å². The maximum absolute atomic E-state index is 5.72. The molecule has 2 nitrogen and oxygen atoms in total. The number of terminal acetylenes is 1. The van der Waals surface area contributed by atoms with Crippen LogP contribution in [-0.4, -0.2) is 36.1 Å². The molecule has 2 heteroatoms. The zero-order valence-corrected chi connectivity index (χ0v) is 12.7. The maximum atomic E-state index is 5.72. The van der Waals surface area contributed by atoms with Gasteiger partial charge in [0.15, 0.2) is 0 Å². The van der Waals surface area contributed by atoms with Crippen molar-refractivity contribution in [3.8, 4) is 12.3 Å². The van der Waals surface area contributed by atoms with Gasteiger partial charge < -0.3 is 5.32 Å². The molecule has 1 heterocycles. The van der Waals surface area contributed by atoms with Crippen molar-refractivity contribution in [1.29, 1.82) is 0 Å². The van der Waals surface area contributed by atoms with Crippen LogP contribution in [0.5, 0.6) is 0 Å². The number of benzene rings is 1. The second-order valence-electron chi connectivity index (χ2n) is 5.64. The van der Waals surface area contributed by atoms with Gasteiger partial charge in [-0.05, 0) is 24.8 Å².